The van der Waals surface area contributed by atoms with Crippen LogP contribution in [0.3, 0.4) is 0 Å². The number of carbonyl (C=O) groups is 2. The Morgan fingerprint density at radius 3 is 2.49 bits per heavy atom. The van der Waals surface area contributed by atoms with Crippen LogP contribution in [0.15, 0.2) is 72.0 Å². The molecule has 35 heavy (non-hydrogen) atoms. The molecule has 1 aromatic heterocycles. The van der Waals surface area contributed by atoms with Crippen molar-refractivity contribution in [1.82, 2.24) is 9.99 Å². The zero-order valence-electron chi connectivity index (χ0n) is 19.7. The lowest BCUT2D eigenvalue weighted by Gasteiger charge is -2.28. The molecule has 0 spiro atoms. The van der Waals surface area contributed by atoms with Crippen LogP contribution in [0.2, 0.25) is 0 Å². The standard InChI is InChI=1S/C26H26N4O4S/c1-4-23-24(18-10-13-21(33-2)22(15-18)34-3)29-30(26(32)35-23)16-17-8-11-19(12-9-17)28-25(31)20-7-5-6-14-27-20/h5-15,23H,4,16H2,1-3H3,(H,28,31). The summed E-state index contributed by atoms with van der Waals surface area (Å²) in [7, 11) is 3.19. The van der Waals surface area contributed by atoms with Crippen LogP contribution in [0, 0.1) is 0 Å². The van der Waals surface area contributed by atoms with Gasteiger partial charge >= 0.3 is 5.24 Å². The van der Waals surface area contributed by atoms with Crippen LogP contribution in [0.5, 0.6) is 11.5 Å². The van der Waals surface area contributed by atoms with Gasteiger partial charge in [-0.05, 0) is 54.4 Å². The van der Waals surface area contributed by atoms with Crippen molar-refractivity contribution in [2.45, 2.75) is 25.1 Å². The minimum Gasteiger partial charge on any atom is -0.493 e. The molecule has 1 aliphatic heterocycles. The molecule has 1 atom stereocenters. The van der Waals surface area contributed by atoms with Crippen LogP contribution in [0.4, 0.5) is 10.5 Å². The summed E-state index contributed by atoms with van der Waals surface area (Å²) in [5.41, 5.74) is 3.57. The number of rotatable bonds is 8. The van der Waals surface area contributed by atoms with E-state index in [2.05, 4.69) is 10.3 Å². The van der Waals surface area contributed by atoms with Gasteiger partial charge in [-0.2, -0.15) is 5.10 Å². The Labute approximate surface area is 208 Å². The summed E-state index contributed by atoms with van der Waals surface area (Å²) in [5, 5.41) is 8.87. The lowest BCUT2D eigenvalue weighted by molar-refractivity contribution is 0.102. The molecule has 9 heteroatoms. The third-order valence-corrected chi connectivity index (χ3v) is 6.73. The van der Waals surface area contributed by atoms with Crippen molar-refractivity contribution >= 4 is 34.3 Å². The topological polar surface area (TPSA) is 93.1 Å². The molecular formula is C26H26N4O4S. The van der Waals surface area contributed by atoms with Crippen LogP contribution < -0.4 is 14.8 Å². The SMILES string of the molecule is CCC1SC(=O)N(Cc2ccc(NC(=O)c3ccccn3)cc2)N=C1c1ccc(OC)c(OC)c1. The van der Waals surface area contributed by atoms with Gasteiger partial charge in [-0.1, -0.05) is 36.9 Å². The largest absolute Gasteiger partial charge is 0.493 e. The fourth-order valence-corrected chi connectivity index (χ4v) is 4.58. The molecule has 1 N–H and O–H groups in total. The molecule has 3 aromatic rings. The Morgan fingerprint density at radius 1 is 1.06 bits per heavy atom. The number of pyridine rings is 1. The van der Waals surface area contributed by atoms with Gasteiger partial charge in [0.1, 0.15) is 5.69 Å². The van der Waals surface area contributed by atoms with Crippen LogP contribution in [0.25, 0.3) is 0 Å². The van der Waals surface area contributed by atoms with Gasteiger partial charge in [0.15, 0.2) is 11.5 Å². The molecule has 0 fully saturated rings. The summed E-state index contributed by atoms with van der Waals surface area (Å²) in [6.07, 6.45) is 2.34. The first-order valence-corrected chi connectivity index (χ1v) is 12.0. The second kappa shape index (κ2) is 11.1. The van der Waals surface area contributed by atoms with Gasteiger partial charge < -0.3 is 14.8 Å². The Balaban J connectivity index is 1.52. The minimum absolute atomic E-state index is 0.0546. The van der Waals surface area contributed by atoms with Crippen molar-refractivity contribution in [3.05, 3.63) is 83.7 Å². The van der Waals surface area contributed by atoms with E-state index in [0.29, 0.717) is 29.4 Å². The molecule has 0 aliphatic carbocycles. The molecule has 0 saturated heterocycles. The number of ether oxygens (including phenoxy) is 2. The van der Waals surface area contributed by atoms with Gasteiger partial charge in [-0.3, -0.25) is 14.6 Å². The number of anilines is 1. The van der Waals surface area contributed by atoms with Crippen molar-refractivity contribution in [3.8, 4) is 11.5 Å². The number of carbonyl (C=O) groups excluding carboxylic acids is 2. The Bertz CT molecular complexity index is 1230. The average molecular weight is 491 g/mol. The molecule has 1 unspecified atom stereocenters. The molecule has 0 saturated carbocycles. The summed E-state index contributed by atoms with van der Waals surface area (Å²) >= 11 is 1.27. The summed E-state index contributed by atoms with van der Waals surface area (Å²) in [4.78, 5) is 29.2. The maximum Gasteiger partial charge on any atom is 0.302 e. The van der Waals surface area contributed by atoms with E-state index in [1.54, 1.807) is 50.7 Å². The predicted octanol–water partition coefficient (Wildman–Crippen LogP) is 5.20. The summed E-state index contributed by atoms with van der Waals surface area (Å²) in [6, 6.07) is 18.1. The van der Waals surface area contributed by atoms with Crippen LogP contribution >= 0.6 is 11.8 Å². The number of thioether (sulfide) groups is 1. The molecule has 2 heterocycles. The van der Waals surface area contributed by atoms with E-state index in [4.69, 9.17) is 14.6 Å². The number of benzene rings is 2. The van der Waals surface area contributed by atoms with Crippen LogP contribution in [-0.2, 0) is 6.54 Å². The number of hydrogen-bond donors (Lipinski definition) is 1. The smallest absolute Gasteiger partial charge is 0.302 e. The highest BCUT2D eigenvalue weighted by atomic mass is 32.2. The van der Waals surface area contributed by atoms with Crippen LogP contribution in [-0.4, -0.2) is 46.3 Å². The van der Waals surface area contributed by atoms with Gasteiger partial charge in [0.2, 0.25) is 0 Å². The van der Waals surface area contributed by atoms with E-state index in [9.17, 15) is 9.59 Å². The van der Waals surface area contributed by atoms with E-state index >= 15 is 0 Å². The van der Waals surface area contributed by atoms with Gasteiger partial charge in [0.05, 0.1) is 31.7 Å². The highest BCUT2D eigenvalue weighted by molar-refractivity contribution is 8.14. The lowest BCUT2D eigenvalue weighted by atomic mass is 10.0. The van der Waals surface area contributed by atoms with Crippen molar-refractivity contribution in [2.24, 2.45) is 5.10 Å². The molecule has 0 radical (unpaired) electrons. The van der Waals surface area contributed by atoms with E-state index < -0.39 is 0 Å². The molecule has 1 aliphatic rings. The Morgan fingerprint density at radius 2 is 1.83 bits per heavy atom. The fourth-order valence-electron chi connectivity index (χ4n) is 3.65. The Hall–Kier alpha value is -3.85. The maximum atomic E-state index is 12.8. The van der Waals surface area contributed by atoms with Crippen molar-refractivity contribution in [2.75, 3.05) is 19.5 Å². The highest BCUT2D eigenvalue weighted by Crippen LogP contribution is 2.33. The zero-order valence-corrected chi connectivity index (χ0v) is 20.5. The first kappa shape index (κ1) is 24.3. The summed E-state index contributed by atoms with van der Waals surface area (Å²) in [6.45, 7) is 2.35. The second-order valence-corrected chi connectivity index (χ2v) is 8.91. The maximum absolute atomic E-state index is 12.8. The predicted molar refractivity (Wildman–Crippen MR) is 137 cm³/mol. The molecule has 2 aromatic carbocycles. The molecule has 2 amide bonds. The summed E-state index contributed by atoms with van der Waals surface area (Å²) in [5.74, 6) is 0.964. The number of hydrogen-bond acceptors (Lipinski definition) is 7. The molecular weight excluding hydrogens is 464 g/mol. The van der Waals surface area contributed by atoms with Gasteiger partial charge in [-0.25, -0.2) is 5.01 Å². The van der Waals surface area contributed by atoms with Crippen molar-refractivity contribution in [1.29, 1.82) is 0 Å². The first-order chi connectivity index (χ1) is 17.0. The van der Waals surface area contributed by atoms with Crippen LogP contribution in [0.1, 0.15) is 35.0 Å². The van der Waals surface area contributed by atoms with E-state index in [-0.39, 0.29) is 16.4 Å². The number of hydrazone groups is 1. The summed E-state index contributed by atoms with van der Waals surface area (Å²) < 4.78 is 10.8. The fraction of sp³-hybridized carbons (Fsp3) is 0.231. The highest BCUT2D eigenvalue weighted by Gasteiger charge is 2.30. The van der Waals surface area contributed by atoms with Crippen molar-refractivity contribution in [3.63, 3.8) is 0 Å². The third kappa shape index (κ3) is 5.63. The molecule has 0 bridgehead atoms. The zero-order chi connectivity index (χ0) is 24.8. The van der Waals surface area contributed by atoms with Gasteiger partial charge in [-0.15, -0.1) is 0 Å². The first-order valence-electron chi connectivity index (χ1n) is 11.1. The third-order valence-electron chi connectivity index (χ3n) is 5.48. The lowest BCUT2D eigenvalue weighted by Crippen LogP contribution is -2.34. The molecule has 180 valence electrons. The minimum atomic E-state index is -0.282. The number of methoxy groups -OCH3 is 2. The number of amides is 2. The van der Waals surface area contributed by atoms with E-state index in [0.717, 1.165) is 23.3 Å². The van der Waals surface area contributed by atoms with E-state index in [1.165, 1.54) is 16.8 Å². The Kier molecular flexibility index (Phi) is 7.67. The molecule has 8 nitrogen and oxygen atoms in total. The van der Waals surface area contributed by atoms with E-state index in [1.807, 2.05) is 37.3 Å². The number of aromatic nitrogens is 1. The van der Waals surface area contributed by atoms with Gasteiger partial charge in [0, 0.05) is 17.4 Å². The average Bonchev–Trinajstić information content (AvgIpc) is 2.90. The normalized spacial score (nSPS) is 15.4. The monoisotopic (exact) mass is 490 g/mol. The van der Waals surface area contributed by atoms with Crippen molar-refractivity contribution < 1.29 is 19.1 Å². The quantitative estimate of drug-likeness (QED) is 0.466. The number of nitrogens with one attached hydrogen (secondary N) is 1. The number of nitrogens with zero attached hydrogens (tertiary/aromatic N) is 3. The molecule has 4 rings (SSSR count). The second-order valence-electron chi connectivity index (χ2n) is 7.76. The van der Waals surface area contributed by atoms with Gasteiger partial charge in [0.25, 0.3) is 5.91 Å².